The van der Waals surface area contributed by atoms with Crippen LogP contribution in [0, 0.1) is 5.82 Å². The second kappa shape index (κ2) is 6.33. The third-order valence-corrected chi connectivity index (χ3v) is 3.68. The molecule has 4 nitrogen and oxygen atoms in total. The molecule has 0 aliphatic rings. The molecule has 2 heterocycles. The molecule has 0 aliphatic heterocycles. The van der Waals surface area contributed by atoms with E-state index in [0.717, 1.165) is 17.8 Å². The Balaban J connectivity index is 2.30. The third kappa shape index (κ3) is 2.83. The van der Waals surface area contributed by atoms with Gasteiger partial charge in [-0.2, -0.15) is 5.10 Å². The number of pyridine rings is 1. The molecule has 0 bridgehead atoms. The fourth-order valence-corrected chi connectivity index (χ4v) is 2.53. The molecule has 0 amide bonds. The number of hydrogen-bond donors (Lipinski definition) is 1. The van der Waals surface area contributed by atoms with E-state index in [2.05, 4.69) is 10.1 Å². The highest BCUT2D eigenvalue weighted by Gasteiger charge is 2.20. The summed E-state index contributed by atoms with van der Waals surface area (Å²) in [5.74, 6) is -0.394. The molecular formula is C14H18ClFN4. The van der Waals surface area contributed by atoms with Gasteiger partial charge in [0.1, 0.15) is 5.82 Å². The second-order valence-corrected chi connectivity index (χ2v) is 4.94. The van der Waals surface area contributed by atoms with Crippen molar-refractivity contribution in [3.8, 4) is 0 Å². The van der Waals surface area contributed by atoms with E-state index in [9.17, 15) is 4.39 Å². The smallest absolute Gasteiger partial charge is 0.146 e. The van der Waals surface area contributed by atoms with Crippen LogP contribution < -0.4 is 5.73 Å². The molecule has 0 saturated carbocycles. The van der Waals surface area contributed by atoms with Crippen molar-refractivity contribution in [2.24, 2.45) is 5.73 Å². The Kier molecular flexibility index (Phi) is 4.73. The van der Waals surface area contributed by atoms with Gasteiger partial charge in [0.15, 0.2) is 0 Å². The maximum Gasteiger partial charge on any atom is 0.146 e. The van der Waals surface area contributed by atoms with Crippen LogP contribution in [0.1, 0.15) is 37.0 Å². The van der Waals surface area contributed by atoms with E-state index < -0.39 is 11.9 Å². The highest BCUT2D eigenvalue weighted by atomic mass is 35.5. The molecule has 108 valence electrons. The van der Waals surface area contributed by atoms with Crippen molar-refractivity contribution in [2.45, 2.75) is 39.3 Å². The minimum absolute atomic E-state index is 0.255. The molecule has 0 spiro atoms. The minimum atomic E-state index is -0.541. The Labute approximate surface area is 122 Å². The zero-order valence-electron chi connectivity index (χ0n) is 11.6. The molecule has 1 unspecified atom stereocenters. The first kappa shape index (κ1) is 14.9. The molecular weight excluding hydrogens is 279 g/mol. The average molecular weight is 297 g/mol. The van der Waals surface area contributed by atoms with Crippen LogP contribution in [-0.4, -0.2) is 14.8 Å². The quantitative estimate of drug-likeness (QED) is 0.923. The highest BCUT2D eigenvalue weighted by molar-refractivity contribution is 6.31. The molecule has 1 atom stereocenters. The zero-order valence-corrected chi connectivity index (χ0v) is 12.4. The van der Waals surface area contributed by atoms with Crippen molar-refractivity contribution >= 4 is 11.6 Å². The Morgan fingerprint density at radius 1 is 1.45 bits per heavy atom. The first-order chi connectivity index (χ1) is 9.58. The summed E-state index contributed by atoms with van der Waals surface area (Å²) in [7, 11) is 0. The van der Waals surface area contributed by atoms with Crippen LogP contribution >= 0.6 is 11.6 Å². The van der Waals surface area contributed by atoms with Gasteiger partial charge in [0.2, 0.25) is 0 Å². The van der Waals surface area contributed by atoms with Gasteiger partial charge in [-0.15, -0.1) is 0 Å². The van der Waals surface area contributed by atoms with Crippen LogP contribution in [0.5, 0.6) is 0 Å². The van der Waals surface area contributed by atoms with E-state index in [1.54, 1.807) is 6.07 Å². The number of aryl methyl sites for hydroxylation is 2. The monoisotopic (exact) mass is 296 g/mol. The van der Waals surface area contributed by atoms with Gasteiger partial charge in [-0.05, 0) is 25.5 Å². The van der Waals surface area contributed by atoms with Gasteiger partial charge in [-0.25, -0.2) is 4.39 Å². The molecule has 2 aromatic rings. The van der Waals surface area contributed by atoms with E-state index in [1.165, 1.54) is 12.3 Å². The SMILES string of the molecule is CCc1nn(CC)c(CC(N)c2ncccc2F)c1Cl. The summed E-state index contributed by atoms with van der Waals surface area (Å²) < 4.78 is 15.5. The van der Waals surface area contributed by atoms with Crippen molar-refractivity contribution in [1.82, 2.24) is 14.8 Å². The van der Waals surface area contributed by atoms with Gasteiger partial charge < -0.3 is 5.73 Å². The average Bonchev–Trinajstić information content (AvgIpc) is 2.75. The van der Waals surface area contributed by atoms with Crippen LogP contribution in [0.15, 0.2) is 18.3 Å². The maximum atomic E-state index is 13.7. The molecule has 0 fully saturated rings. The Bertz CT molecular complexity index is 597. The fourth-order valence-electron chi connectivity index (χ4n) is 2.19. The molecule has 0 radical (unpaired) electrons. The molecule has 0 aromatic carbocycles. The number of nitrogens with two attached hydrogens (primary N) is 1. The molecule has 6 heteroatoms. The lowest BCUT2D eigenvalue weighted by Gasteiger charge is -2.13. The fraction of sp³-hybridized carbons (Fsp3) is 0.429. The lowest BCUT2D eigenvalue weighted by molar-refractivity contribution is 0.542. The first-order valence-corrected chi connectivity index (χ1v) is 7.06. The first-order valence-electron chi connectivity index (χ1n) is 6.68. The third-order valence-electron chi connectivity index (χ3n) is 3.25. The van der Waals surface area contributed by atoms with E-state index in [0.29, 0.717) is 18.0 Å². The van der Waals surface area contributed by atoms with Crippen LogP contribution in [0.4, 0.5) is 4.39 Å². The van der Waals surface area contributed by atoms with Gasteiger partial charge in [0.05, 0.1) is 28.1 Å². The van der Waals surface area contributed by atoms with E-state index >= 15 is 0 Å². The van der Waals surface area contributed by atoms with Crippen LogP contribution in [0.3, 0.4) is 0 Å². The highest BCUT2D eigenvalue weighted by Crippen LogP contribution is 2.26. The number of hydrogen-bond acceptors (Lipinski definition) is 3. The van der Waals surface area contributed by atoms with Gasteiger partial charge in [0.25, 0.3) is 0 Å². The molecule has 2 aromatic heterocycles. The predicted molar refractivity (Wildman–Crippen MR) is 77.1 cm³/mol. The topological polar surface area (TPSA) is 56.7 Å². The number of rotatable bonds is 5. The molecule has 20 heavy (non-hydrogen) atoms. The van der Waals surface area contributed by atoms with Crippen molar-refractivity contribution in [3.63, 3.8) is 0 Å². The van der Waals surface area contributed by atoms with Crippen LogP contribution in [0.2, 0.25) is 5.02 Å². The van der Waals surface area contributed by atoms with Crippen molar-refractivity contribution in [3.05, 3.63) is 46.3 Å². The normalized spacial score (nSPS) is 12.7. The number of halogens is 2. The summed E-state index contributed by atoms with van der Waals surface area (Å²) in [5, 5.41) is 5.06. The Morgan fingerprint density at radius 2 is 2.20 bits per heavy atom. The lowest BCUT2D eigenvalue weighted by atomic mass is 10.1. The van der Waals surface area contributed by atoms with Crippen LogP contribution in [0.25, 0.3) is 0 Å². The molecule has 2 N–H and O–H groups in total. The standard InChI is InChI=1S/C14H18ClFN4/c1-3-11-13(15)12(20(4-2)19-11)8-10(17)14-9(16)6-5-7-18-14/h5-7,10H,3-4,8,17H2,1-2H3. The molecule has 0 aliphatic carbocycles. The molecule has 0 saturated heterocycles. The van der Waals surface area contributed by atoms with Crippen LogP contribution in [-0.2, 0) is 19.4 Å². The molecule has 2 rings (SSSR count). The second-order valence-electron chi connectivity index (χ2n) is 4.56. The summed E-state index contributed by atoms with van der Waals surface area (Å²) >= 11 is 6.33. The Morgan fingerprint density at radius 3 is 2.80 bits per heavy atom. The van der Waals surface area contributed by atoms with Crippen molar-refractivity contribution < 1.29 is 4.39 Å². The van der Waals surface area contributed by atoms with E-state index in [1.807, 2.05) is 18.5 Å². The van der Waals surface area contributed by atoms with E-state index in [-0.39, 0.29) is 5.69 Å². The van der Waals surface area contributed by atoms with Crippen molar-refractivity contribution in [1.29, 1.82) is 0 Å². The summed E-state index contributed by atoms with van der Waals surface area (Å²) in [4.78, 5) is 4.01. The van der Waals surface area contributed by atoms with Gasteiger partial charge >= 0.3 is 0 Å². The minimum Gasteiger partial charge on any atom is -0.322 e. The van der Waals surface area contributed by atoms with Gasteiger partial charge in [-0.3, -0.25) is 9.67 Å². The van der Waals surface area contributed by atoms with Gasteiger partial charge in [-0.1, -0.05) is 18.5 Å². The largest absolute Gasteiger partial charge is 0.322 e. The summed E-state index contributed by atoms with van der Waals surface area (Å²) in [5.41, 5.74) is 8.01. The van der Waals surface area contributed by atoms with Crippen molar-refractivity contribution in [2.75, 3.05) is 0 Å². The Hall–Kier alpha value is -1.46. The number of nitrogens with zero attached hydrogens (tertiary/aromatic N) is 3. The summed E-state index contributed by atoms with van der Waals surface area (Å²) in [6.45, 7) is 4.68. The summed E-state index contributed by atoms with van der Waals surface area (Å²) in [6.07, 6.45) is 2.70. The maximum absolute atomic E-state index is 13.7. The summed E-state index contributed by atoms with van der Waals surface area (Å²) in [6, 6.07) is 2.36. The number of aromatic nitrogens is 3. The van der Waals surface area contributed by atoms with E-state index in [4.69, 9.17) is 17.3 Å². The lowest BCUT2D eigenvalue weighted by Crippen LogP contribution is -2.19. The predicted octanol–water partition coefficient (Wildman–Crippen LogP) is 2.90. The van der Waals surface area contributed by atoms with Gasteiger partial charge in [0, 0.05) is 19.2 Å². The zero-order chi connectivity index (χ0) is 14.7.